The molecular formula is C15H28N2O. The summed E-state index contributed by atoms with van der Waals surface area (Å²) in [7, 11) is 1.84. The first-order valence-electron chi connectivity index (χ1n) is 7.83. The van der Waals surface area contributed by atoms with E-state index in [1.54, 1.807) is 0 Å². The molecule has 0 amide bonds. The number of ether oxygens (including phenoxy) is 1. The number of nitrogens with zero attached hydrogens (tertiary/aromatic N) is 1. The minimum absolute atomic E-state index is 0.446. The molecule has 3 fully saturated rings. The van der Waals surface area contributed by atoms with Crippen molar-refractivity contribution in [2.75, 3.05) is 33.3 Å². The minimum atomic E-state index is 0.446. The van der Waals surface area contributed by atoms with Gasteiger partial charge in [-0.2, -0.15) is 0 Å². The third-order valence-corrected chi connectivity index (χ3v) is 5.37. The van der Waals surface area contributed by atoms with Crippen molar-refractivity contribution in [3.8, 4) is 0 Å². The summed E-state index contributed by atoms with van der Waals surface area (Å²) in [6.45, 7) is 4.97. The van der Waals surface area contributed by atoms with Gasteiger partial charge in [0.25, 0.3) is 0 Å². The van der Waals surface area contributed by atoms with Gasteiger partial charge in [0, 0.05) is 32.8 Å². The van der Waals surface area contributed by atoms with Gasteiger partial charge in [0.15, 0.2) is 0 Å². The van der Waals surface area contributed by atoms with E-state index in [0.29, 0.717) is 12.1 Å². The van der Waals surface area contributed by atoms with Gasteiger partial charge in [-0.15, -0.1) is 0 Å². The van der Waals surface area contributed by atoms with Crippen LogP contribution in [0.3, 0.4) is 0 Å². The number of nitrogens with one attached hydrogen (secondary N) is 1. The second kappa shape index (κ2) is 5.89. The van der Waals surface area contributed by atoms with Crippen LogP contribution in [-0.2, 0) is 4.74 Å². The van der Waals surface area contributed by atoms with E-state index in [1.165, 1.54) is 58.2 Å². The molecule has 2 aliphatic heterocycles. The maximum atomic E-state index is 5.44. The molecule has 1 saturated carbocycles. The number of hydrogen-bond acceptors (Lipinski definition) is 3. The summed E-state index contributed by atoms with van der Waals surface area (Å²) in [6, 6.07) is 0.662. The predicted molar refractivity (Wildman–Crippen MR) is 73.7 cm³/mol. The number of hydrogen-bond donors (Lipinski definition) is 1. The van der Waals surface area contributed by atoms with Gasteiger partial charge in [-0.25, -0.2) is 0 Å². The highest BCUT2D eigenvalue weighted by Crippen LogP contribution is 2.36. The second-order valence-corrected chi connectivity index (χ2v) is 6.55. The van der Waals surface area contributed by atoms with Crippen LogP contribution in [-0.4, -0.2) is 50.3 Å². The summed E-state index contributed by atoms with van der Waals surface area (Å²) < 4.78 is 5.44. The minimum Gasteiger partial charge on any atom is -0.380 e. The van der Waals surface area contributed by atoms with Crippen molar-refractivity contribution < 1.29 is 4.74 Å². The average molecular weight is 252 g/mol. The zero-order valence-corrected chi connectivity index (χ0v) is 11.7. The van der Waals surface area contributed by atoms with Crippen molar-refractivity contribution >= 4 is 0 Å². The molecule has 2 saturated heterocycles. The van der Waals surface area contributed by atoms with Crippen molar-refractivity contribution in [2.24, 2.45) is 11.8 Å². The third kappa shape index (κ3) is 2.89. The molecule has 3 heteroatoms. The number of likely N-dealkylation sites (tertiary alicyclic amines) is 1. The summed E-state index contributed by atoms with van der Waals surface area (Å²) in [6.07, 6.45) is 9.05. The highest BCUT2D eigenvalue weighted by Gasteiger charge is 2.33. The fourth-order valence-corrected chi connectivity index (χ4v) is 4.25. The maximum absolute atomic E-state index is 5.44. The molecule has 0 spiro atoms. The zero-order chi connectivity index (χ0) is 12.4. The molecule has 104 valence electrons. The van der Waals surface area contributed by atoms with E-state index in [-0.39, 0.29) is 0 Å². The van der Waals surface area contributed by atoms with Crippen LogP contribution in [0.1, 0.15) is 38.5 Å². The Morgan fingerprint density at radius 2 is 2.00 bits per heavy atom. The van der Waals surface area contributed by atoms with Crippen LogP contribution in [0.4, 0.5) is 0 Å². The molecule has 2 heterocycles. The number of methoxy groups -OCH3 is 1. The lowest BCUT2D eigenvalue weighted by Gasteiger charge is -2.42. The van der Waals surface area contributed by atoms with E-state index in [4.69, 9.17) is 4.74 Å². The van der Waals surface area contributed by atoms with Crippen LogP contribution in [0, 0.1) is 11.8 Å². The third-order valence-electron chi connectivity index (χ3n) is 5.37. The largest absolute Gasteiger partial charge is 0.380 e. The highest BCUT2D eigenvalue weighted by molar-refractivity contribution is 4.88. The molecule has 18 heavy (non-hydrogen) atoms. The monoisotopic (exact) mass is 252 g/mol. The molecule has 3 rings (SSSR count). The smallest absolute Gasteiger partial charge is 0.0711 e. The van der Waals surface area contributed by atoms with Crippen molar-refractivity contribution in [2.45, 2.75) is 50.7 Å². The Kier molecular flexibility index (Phi) is 4.22. The summed E-state index contributed by atoms with van der Waals surface area (Å²) >= 11 is 0. The van der Waals surface area contributed by atoms with Gasteiger partial charge in [-0.1, -0.05) is 19.3 Å². The Morgan fingerprint density at radius 1 is 1.17 bits per heavy atom. The summed E-state index contributed by atoms with van der Waals surface area (Å²) in [5.41, 5.74) is 0. The lowest BCUT2D eigenvalue weighted by molar-refractivity contribution is 0.0779. The quantitative estimate of drug-likeness (QED) is 0.830. The Morgan fingerprint density at radius 3 is 2.78 bits per heavy atom. The van der Waals surface area contributed by atoms with Crippen LogP contribution in [0.25, 0.3) is 0 Å². The fourth-order valence-electron chi connectivity index (χ4n) is 4.25. The molecule has 1 aliphatic carbocycles. The van der Waals surface area contributed by atoms with Gasteiger partial charge in [-0.05, 0) is 37.6 Å². The van der Waals surface area contributed by atoms with Gasteiger partial charge in [0.1, 0.15) is 0 Å². The summed E-state index contributed by atoms with van der Waals surface area (Å²) in [5.74, 6) is 2.06. The Labute approximate surface area is 111 Å². The van der Waals surface area contributed by atoms with Crippen molar-refractivity contribution in [3.05, 3.63) is 0 Å². The summed E-state index contributed by atoms with van der Waals surface area (Å²) in [5, 5.41) is 3.61. The number of piperidine rings is 1. The van der Waals surface area contributed by atoms with E-state index in [9.17, 15) is 0 Å². The zero-order valence-electron chi connectivity index (χ0n) is 11.7. The molecule has 4 atom stereocenters. The molecule has 0 radical (unpaired) electrons. The average Bonchev–Trinajstić information content (AvgIpc) is 2.86. The van der Waals surface area contributed by atoms with E-state index in [2.05, 4.69) is 10.2 Å². The lowest BCUT2D eigenvalue weighted by atomic mass is 9.75. The van der Waals surface area contributed by atoms with E-state index < -0.39 is 0 Å². The number of rotatable bonds is 3. The van der Waals surface area contributed by atoms with Crippen LogP contribution in [0.15, 0.2) is 0 Å². The van der Waals surface area contributed by atoms with Crippen LogP contribution in [0.2, 0.25) is 0 Å². The van der Waals surface area contributed by atoms with Gasteiger partial charge in [0.05, 0.1) is 6.10 Å². The van der Waals surface area contributed by atoms with Gasteiger partial charge in [-0.3, -0.25) is 0 Å². The van der Waals surface area contributed by atoms with Crippen LogP contribution < -0.4 is 5.32 Å². The van der Waals surface area contributed by atoms with Gasteiger partial charge >= 0.3 is 0 Å². The molecule has 3 nitrogen and oxygen atoms in total. The Hall–Kier alpha value is -0.120. The maximum Gasteiger partial charge on any atom is 0.0711 e. The molecule has 0 bridgehead atoms. The first kappa shape index (κ1) is 12.9. The Bertz CT molecular complexity index is 271. The van der Waals surface area contributed by atoms with Crippen LogP contribution >= 0.6 is 0 Å². The SMILES string of the molecule is COC1CNC(CN2CCC3CCCCC3C2)C1. The molecule has 0 aromatic heterocycles. The van der Waals surface area contributed by atoms with Crippen LogP contribution in [0.5, 0.6) is 0 Å². The Balaban J connectivity index is 1.46. The van der Waals surface area contributed by atoms with E-state index in [1.807, 2.05) is 7.11 Å². The molecular weight excluding hydrogens is 224 g/mol. The van der Waals surface area contributed by atoms with Crippen molar-refractivity contribution in [1.82, 2.24) is 10.2 Å². The predicted octanol–water partition coefficient (Wildman–Crippen LogP) is 1.88. The van der Waals surface area contributed by atoms with Gasteiger partial charge < -0.3 is 15.0 Å². The topological polar surface area (TPSA) is 24.5 Å². The summed E-state index contributed by atoms with van der Waals surface area (Å²) in [4.78, 5) is 2.71. The molecule has 3 aliphatic rings. The van der Waals surface area contributed by atoms with E-state index in [0.717, 1.165) is 18.4 Å². The molecule has 4 unspecified atom stereocenters. The molecule has 1 N–H and O–H groups in total. The van der Waals surface area contributed by atoms with E-state index >= 15 is 0 Å². The first-order chi connectivity index (χ1) is 8.85. The van der Waals surface area contributed by atoms with Gasteiger partial charge in [0.2, 0.25) is 0 Å². The first-order valence-corrected chi connectivity index (χ1v) is 7.83. The fraction of sp³-hybridized carbons (Fsp3) is 1.00. The highest BCUT2D eigenvalue weighted by atomic mass is 16.5. The van der Waals surface area contributed by atoms with Crippen molar-refractivity contribution in [3.63, 3.8) is 0 Å². The number of fused-ring (bicyclic) bond motifs is 1. The van der Waals surface area contributed by atoms with Crippen molar-refractivity contribution in [1.29, 1.82) is 0 Å². The lowest BCUT2D eigenvalue weighted by Crippen LogP contribution is -2.46. The second-order valence-electron chi connectivity index (χ2n) is 6.55. The molecule has 0 aromatic carbocycles. The normalized spacial score (nSPS) is 41.8. The molecule has 0 aromatic rings. The standard InChI is InChI=1S/C15H28N2O/c1-18-15-8-14(16-9-15)11-17-7-6-12-4-2-3-5-13(12)10-17/h12-16H,2-11H2,1H3.